The summed E-state index contributed by atoms with van der Waals surface area (Å²) in [5.74, 6) is -0.393. The highest BCUT2D eigenvalue weighted by Gasteiger charge is 2.47. The van der Waals surface area contributed by atoms with E-state index in [9.17, 15) is 18.0 Å². The topological polar surface area (TPSA) is 79.8 Å². The van der Waals surface area contributed by atoms with E-state index in [1.54, 1.807) is 7.11 Å². The van der Waals surface area contributed by atoms with E-state index in [4.69, 9.17) is 21.1 Å². The number of aldehydes is 1. The van der Waals surface area contributed by atoms with Crippen LogP contribution in [0.25, 0.3) is 0 Å². The van der Waals surface area contributed by atoms with E-state index in [1.807, 2.05) is 11.9 Å². The molecule has 0 unspecified atom stereocenters. The molecule has 0 radical (unpaired) electrons. The maximum Gasteiger partial charge on any atom is 0.266 e. The van der Waals surface area contributed by atoms with E-state index in [-0.39, 0.29) is 17.4 Å². The molecule has 1 N–H and O–H groups in total. The Bertz CT molecular complexity index is 1070. The van der Waals surface area contributed by atoms with Crippen molar-refractivity contribution in [2.45, 2.75) is 37.7 Å². The van der Waals surface area contributed by atoms with Gasteiger partial charge in [0, 0.05) is 51.0 Å². The van der Waals surface area contributed by atoms with Gasteiger partial charge in [-0.2, -0.15) is 0 Å². The molecule has 8 nitrogen and oxygen atoms in total. The third-order valence-corrected chi connectivity index (χ3v) is 6.57. The number of anilines is 1. The number of nitrogens with one attached hydrogen (secondary N) is 1. The molecule has 190 valence electrons. The molecule has 0 amide bonds. The molecule has 2 fully saturated rings. The molecular weight excluding hydrogens is 487 g/mol. The monoisotopic (exact) mass is 513 g/mol. The van der Waals surface area contributed by atoms with Gasteiger partial charge in [0.1, 0.15) is 17.2 Å². The van der Waals surface area contributed by atoms with Crippen molar-refractivity contribution in [3.05, 3.63) is 51.7 Å². The first-order valence-electron chi connectivity index (χ1n) is 11.1. The Morgan fingerprint density at radius 2 is 2.06 bits per heavy atom. The molecule has 1 aromatic carbocycles. The molecule has 35 heavy (non-hydrogen) atoms. The number of fused-ring (bicyclic) bond motifs is 1. The molecule has 1 aromatic heterocycles. The van der Waals surface area contributed by atoms with E-state index in [0.717, 1.165) is 49.9 Å². The van der Waals surface area contributed by atoms with Gasteiger partial charge in [0.2, 0.25) is 5.28 Å². The lowest BCUT2D eigenvalue weighted by Crippen LogP contribution is -2.69. The summed E-state index contributed by atoms with van der Waals surface area (Å²) in [6, 6.07) is 4.47. The number of ether oxygens (including phenoxy) is 2. The number of carbonyl (C=O) groups is 1. The van der Waals surface area contributed by atoms with Crippen molar-refractivity contribution in [3.63, 3.8) is 0 Å². The summed E-state index contributed by atoms with van der Waals surface area (Å²) in [6.07, 6.45) is -1.94. The maximum absolute atomic E-state index is 14.1. The van der Waals surface area contributed by atoms with Crippen molar-refractivity contribution in [3.8, 4) is 0 Å². The lowest BCUT2D eigenvalue weighted by Gasteiger charge is -2.51. The van der Waals surface area contributed by atoms with Gasteiger partial charge in [-0.1, -0.05) is 18.2 Å². The third kappa shape index (κ3) is 5.59. The molecule has 0 aliphatic carbocycles. The summed E-state index contributed by atoms with van der Waals surface area (Å²) >= 11 is 5.90. The average Bonchev–Trinajstić information content (AvgIpc) is 3.14. The number of halogens is 4. The highest BCUT2D eigenvalue weighted by molar-refractivity contribution is 6.28. The van der Waals surface area contributed by atoms with Crippen LogP contribution >= 0.6 is 11.6 Å². The third-order valence-electron chi connectivity index (χ3n) is 6.40. The molecule has 12 heteroatoms. The molecule has 0 bridgehead atoms. The fourth-order valence-electron chi connectivity index (χ4n) is 4.19. The zero-order valence-corrected chi connectivity index (χ0v) is 20.2. The van der Waals surface area contributed by atoms with Crippen LogP contribution < -0.4 is 5.32 Å². The van der Waals surface area contributed by atoms with Gasteiger partial charge in [-0.15, -0.1) is 0 Å². The van der Waals surface area contributed by atoms with Crippen LogP contribution in [-0.4, -0.2) is 78.2 Å². The van der Waals surface area contributed by atoms with Gasteiger partial charge in [0.25, 0.3) is 6.43 Å². The number of rotatable bonds is 7. The second kappa shape index (κ2) is 10.8. The summed E-state index contributed by atoms with van der Waals surface area (Å²) in [6.45, 7) is 4.39. The lowest BCUT2D eigenvalue weighted by molar-refractivity contribution is -0.179. The van der Waals surface area contributed by atoms with Crippen LogP contribution in [0.1, 0.15) is 28.8 Å². The Hall–Kier alpha value is -2.31. The summed E-state index contributed by atoms with van der Waals surface area (Å²) in [5.41, 5.74) is 0.738. The van der Waals surface area contributed by atoms with Crippen LogP contribution in [0.4, 0.5) is 19.0 Å². The second-order valence-electron chi connectivity index (χ2n) is 8.90. The minimum atomic E-state index is -2.85. The molecule has 0 atom stereocenters. The van der Waals surface area contributed by atoms with Crippen LogP contribution in [0.2, 0.25) is 5.28 Å². The first kappa shape index (κ1) is 25.8. The number of methoxy groups -OCH3 is 1. The highest BCUT2D eigenvalue weighted by atomic mass is 35.5. The van der Waals surface area contributed by atoms with E-state index >= 15 is 0 Å². The van der Waals surface area contributed by atoms with Crippen LogP contribution in [0.5, 0.6) is 0 Å². The minimum absolute atomic E-state index is 0.0376. The Balaban J connectivity index is 0.000000201. The highest BCUT2D eigenvalue weighted by Crippen LogP contribution is 2.29. The first-order valence-corrected chi connectivity index (χ1v) is 11.5. The van der Waals surface area contributed by atoms with E-state index in [0.29, 0.717) is 24.9 Å². The van der Waals surface area contributed by atoms with Crippen molar-refractivity contribution in [2.24, 2.45) is 0 Å². The molecule has 0 saturated carbocycles. The average molecular weight is 514 g/mol. The number of likely N-dealkylation sites (tertiary alicyclic amines) is 1. The van der Waals surface area contributed by atoms with Crippen molar-refractivity contribution < 1.29 is 27.4 Å². The molecular formula is C23H27ClF3N5O3. The van der Waals surface area contributed by atoms with Crippen LogP contribution in [0.15, 0.2) is 18.2 Å². The van der Waals surface area contributed by atoms with Crippen molar-refractivity contribution >= 4 is 23.7 Å². The fraction of sp³-hybridized carbons (Fsp3) is 0.522. The Kier molecular flexibility index (Phi) is 7.92. The van der Waals surface area contributed by atoms with E-state index in [1.165, 1.54) is 12.1 Å². The largest absolute Gasteiger partial charge is 0.378 e. The Labute approximate surface area is 206 Å². The lowest BCUT2D eigenvalue weighted by atomic mass is 9.93. The summed E-state index contributed by atoms with van der Waals surface area (Å²) in [4.78, 5) is 23.2. The standard InChI is InChI=1S/C15H14ClF3N4.C8H13NO3/c1-23-6-10-11(7-23)21-15(16)22-14(10)20-5-8-3-2-4-9(12(8)17)13(18)19;1-11-8(6-10)4-9(5-8)7-2-12-3-7/h2-4,13H,5-7H2,1H3,(H,20,21,22);6-7H,2-5H2,1H3. The molecule has 2 saturated heterocycles. The van der Waals surface area contributed by atoms with Crippen LogP contribution in [-0.2, 0) is 33.9 Å². The van der Waals surface area contributed by atoms with Gasteiger partial charge >= 0.3 is 0 Å². The number of nitrogens with zero attached hydrogens (tertiary/aromatic N) is 4. The number of benzene rings is 1. The normalized spacial score (nSPS) is 19.4. The summed E-state index contributed by atoms with van der Waals surface area (Å²) in [5, 5.41) is 3.08. The predicted molar refractivity (Wildman–Crippen MR) is 123 cm³/mol. The Morgan fingerprint density at radius 3 is 2.66 bits per heavy atom. The molecule has 5 rings (SSSR count). The van der Waals surface area contributed by atoms with Crippen molar-refractivity contribution in [1.82, 2.24) is 19.8 Å². The van der Waals surface area contributed by atoms with Crippen molar-refractivity contribution in [1.29, 1.82) is 0 Å². The summed E-state index contributed by atoms with van der Waals surface area (Å²) in [7, 11) is 3.52. The zero-order valence-electron chi connectivity index (χ0n) is 19.4. The first-order chi connectivity index (χ1) is 16.7. The summed E-state index contributed by atoms with van der Waals surface area (Å²) < 4.78 is 49.7. The Morgan fingerprint density at radius 1 is 1.31 bits per heavy atom. The van der Waals surface area contributed by atoms with Gasteiger partial charge in [0.15, 0.2) is 6.29 Å². The maximum atomic E-state index is 14.1. The van der Waals surface area contributed by atoms with Crippen molar-refractivity contribution in [2.75, 3.05) is 45.8 Å². The van der Waals surface area contributed by atoms with Gasteiger partial charge < -0.3 is 19.6 Å². The SMILES string of the molecule is CN1Cc2nc(Cl)nc(NCc3cccc(C(F)F)c3F)c2C1.COC1(C=O)CN(C2COC2)C1. The quantitative estimate of drug-likeness (QED) is 0.447. The molecule has 0 spiro atoms. The van der Waals surface area contributed by atoms with Gasteiger partial charge in [0.05, 0.1) is 30.5 Å². The second-order valence-corrected chi connectivity index (χ2v) is 9.23. The van der Waals surface area contributed by atoms with Gasteiger partial charge in [-0.05, 0) is 18.6 Å². The number of alkyl halides is 2. The zero-order chi connectivity index (χ0) is 25.2. The number of aromatic nitrogens is 2. The van der Waals surface area contributed by atoms with E-state index in [2.05, 4.69) is 20.2 Å². The van der Waals surface area contributed by atoms with Gasteiger partial charge in [-0.3, -0.25) is 9.80 Å². The number of hydrogen-bond donors (Lipinski definition) is 1. The number of hydrogen-bond acceptors (Lipinski definition) is 8. The van der Waals surface area contributed by atoms with Crippen LogP contribution in [0, 0.1) is 5.82 Å². The molecule has 3 aliphatic heterocycles. The number of carbonyl (C=O) groups excluding carboxylic acids is 1. The van der Waals surface area contributed by atoms with Gasteiger partial charge in [-0.25, -0.2) is 23.1 Å². The van der Waals surface area contributed by atoms with E-state index < -0.39 is 23.4 Å². The molecule has 3 aliphatic rings. The fourth-order valence-corrected chi connectivity index (χ4v) is 4.38. The van der Waals surface area contributed by atoms with Crippen LogP contribution in [0.3, 0.4) is 0 Å². The smallest absolute Gasteiger partial charge is 0.266 e. The predicted octanol–water partition coefficient (Wildman–Crippen LogP) is 3.05. The minimum Gasteiger partial charge on any atom is -0.378 e. The molecule has 4 heterocycles. The molecule has 2 aromatic rings.